The number of hydrogen-bond donors (Lipinski definition) is 0. The minimum absolute atomic E-state index is 0.748. The molecule has 0 rings (SSSR count). The highest BCUT2D eigenvalue weighted by molar-refractivity contribution is 9.09. The van der Waals surface area contributed by atoms with Crippen molar-refractivity contribution in [3.63, 3.8) is 0 Å². The van der Waals surface area contributed by atoms with Gasteiger partial charge in [0.05, 0.1) is 0 Å². The predicted octanol–water partition coefficient (Wildman–Crippen LogP) is 3.57. The first-order valence-electron chi connectivity index (χ1n) is 5.23. The van der Waals surface area contributed by atoms with E-state index in [1.165, 1.54) is 32.1 Å². The van der Waals surface area contributed by atoms with Crippen LogP contribution in [0.4, 0.5) is 0 Å². The summed E-state index contributed by atoms with van der Waals surface area (Å²) in [6.07, 6.45) is 9.29. The summed E-state index contributed by atoms with van der Waals surface area (Å²) >= 11 is 3.40. The van der Waals surface area contributed by atoms with Gasteiger partial charge in [0.25, 0.3) is 0 Å². The number of aldehydes is 1. The number of carbonyl (C=O) groups excluding carboxylic acids is 1. The van der Waals surface area contributed by atoms with Crippen LogP contribution < -0.4 is 0 Å². The van der Waals surface area contributed by atoms with Gasteiger partial charge in [-0.3, -0.25) is 0 Å². The van der Waals surface area contributed by atoms with Crippen LogP contribution in [0.1, 0.15) is 44.9 Å². The molecule has 0 unspecified atom stereocenters. The number of carbonyl (C=O) groups is 1. The average Bonchev–Trinajstić information content (AvgIpc) is 2.18. The number of unbranched alkanes of at least 4 members (excludes halogenated alkanes) is 6. The van der Waals surface area contributed by atoms with E-state index in [2.05, 4.69) is 20.7 Å². The molecule has 0 aliphatic rings. The zero-order chi connectivity index (χ0) is 11.1. The Bertz CT molecular complexity index is 97.3. The lowest BCUT2D eigenvalue weighted by molar-refractivity contribution is -0.107. The maximum Gasteiger partial charge on any atom is 0.119 e. The van der Waals surface area contributed by atoms with Crippen LogP contribution in [0.3, 0.4) is 0 Å². The topological polar surface area (TPSA) is 26.3 Å². The van der Waals surface area contributed by atoms with Crippen LogP contribution in [0, 0.1) is 0 Å². The Balaban J connectivity index is 0. The summed E-state index contributed by atoms with van der Waals surface area (Å²) in [6.45, 7) is 0. The molecule has 14 heavy (non-hydrogen) atoms. The van der Waals surface area contributed by atoms with Crippen LogP contribution in [0.5, 0.6) is 0 Å². The fourth-order valence-electron chi connectivity index (χ4n) is 1.03. The van der Waals surface area contributed by atoms with Crippen molar-refractivity contribution >= 4 is 22.2 Å². The fourth-order valence-corrected chi connectivity index (χ4v) is 1.43. The van der Waals surface area contributed by atoms with E-state index < -0.39 is 0 Å². The van der Waals surface area contributed by atoms with E-state index in [1.807, 2.05) is 0 Å². The molecule has 0 aliphatic carbocycles. The molecule has 0 aromatic carbocycles. The van der Waals surface area contributed by atoms with Crippen LogP contribution in [0.25, 0.3) is 0 Å². The zero-order valence-corrected chi connectivity index (χ0v) is 11.0. The Kier molecular flexibility index (Phi) is 22.2. The summed E-state index contributed by atoms with van der Waals surface area (Å²) in [7, 11) is 3.25. The van der Waals surface area contributed by atoms with Crippen molar-refractivity contribution in [3.8, 4) is 0 Å². The second-order valence-electron chi connectivity index (χ2n) is 3.17. The van der Waals surface area contributed by atoms with E-state index in [4.69, 9.17) is 0 Å². The van der Waals surface area contributed by atoms with Crippen LogP contribution in [0.15, 0.2) is 0 Å². The first-order chi connectivity index (χ1) is 6.83. The number of halogens is 1. The van der Waals surface area contributed by atoms with Gasteiger partial charge in [-0.05, 0) is 12.8 Å². The minimum Gasteiger partial charge on any atom is -0.388 e. The first kappa shape index (κ1) is 16.5. The molecular formula is C11H23BrO2. The molecular weight excluding hydrogens is 244 g/mol. The third-order valence-electron chi connectivity index (χ3n) is 1.71. The molecule has 0 N–H and O–H groups in total. The van der Waals surface area contributed by atoms with Gasteiger partial charge in [0.1, 0.15) is 6.29 Å². The Morgan fingerprint density at radius 2 is 1.43 bits per heavy atom. The van der Waals surface area contributed by atoms with Crippen molar-refractivity contribution in [1.82, 2.24) is 0 Å². The highest BCUT2D eigenvalue weighted by Crippen LogP contribution is 2.06. The third-order valence-corrected chi connectivity index (χ3v) is 2.27. The number of methoxy groups -OCH3 is 1. The largest absolute Gasteiger partial charge is 0.388 e. The quantitative estimate of drug-likeness (QED) is 0.382. The van der Waals surface area contributed by atoms with E-state index in [1.54, 1.807) is 14.2 Å². The molecule has 3 heteroatoms. The van der Waals surface area contributed by atoms with Crippen molar-refractivity contribution in [2.75, 3.05) is 19.5 Å². The van der Waals surface area contributed by atoms with Crippen molar-refractivity contribution in [1.29, 1.82) is 0 Å². The van der Waals surface area contributed by atoms with Gasteiger partial charge >= 0.3 is 0 Å². The maximum atomic E-state index is 9.93. The van der Waals surface area contributed by atoms with Gasteiger partial charge in [-0.25, -0.2) is 0 Å². The Hall–Kier alpha value is 0.110. The second-order valence-corrected chi connectivity index (χ2v) is 3.97. The van der Waals surface area contributed by atoms with Gasteiger partial charge in [0, 0.05) is 26.0 Å². The number of ether oxygens (including phenoxy) is 1. The van der Waals surface area contributed by atoms with E-state index in [0.717, 1.165) is 24.5 Å². The maximum absolute atomic E-state index is 9.93. The molecule has 0 aliphatic heterocycles. The SMILES string of the molecule is COC.O=CCCCCCCCCBr. The molecule has 0 saturated heterocycles. The molecule has 2 nitrogen and oxygen atoms in total. The molecule has 0 spiro atoms. The van der Waals surface area contributed by atoms with E-state index in [-0.39, 0.29) is 0 Å². The molecule has 0 atom stereocenters. The molecule has 0 aromatic heterocycles. The Morgan fingerprint density at radius 1 is 1.00 bits per heavy atom. The number of rotatable bonds is 8. The fraction of sp³-hybridized carbons (Fsp3) is 0.909. The molecule has 0 bridgehead atoms. The Labute approximate surface area is 96.5 Å². The standard InChI is InChI=1S/C9H17BrO.C2H6O/c10-8-6-4-2-1-3-5-7-9-11;1-3-2/h9H,1-8H2;1-2H3. The smallest absolute Gasteiger partial charge is 0.119 e. The van der Waals surface area contributed by atoms with Crippen molar-refractivity contribution in [2.24, 2.45) is 0 Å². The lowest BCUT2D eigenvalue weighted by Gasteiger charge is -1.97. The van der Waals surface area contributed by atoms with Gasteiger partial charge < -0.3 is 9.53 Å². The molecule has 0 amide bonds. The van der Waals surface area contributed by atoms with E-state index >= 15 is 0 Å². The van der Waals surface area contributed by atoms with Crippen LogP contribution in [-0.2, 0) is 9.53 Å². The van der Waals surface area contributed by atoms with Crippen molar-refractivity contribution in [3.05, 3.63) is 0 Å². The minimum atomic E-state index is 0.748. The first-order valence-corrected chi connectivity index (χ1v) is 6.35. The molecule has 0 radical (unpaired) electrons. The molecule has 0 fully saturated rings. The monoisotopic (exact) mass is 266 g/mol. The second kappa shape index (κ2) is 18.8. The summed E-state index contributed by atoms with van der Waals surface area (Å²) in [5.41, 5.74) is 0. The highest BCUT2D eigenvalue weighted by atomic mass is 79.9. The van der Waals surface area contributed by atoms with Gasteiger partial charge in [-0.15, -0.1) is 0 Å². The van der Waals surface area contributed by atoms with Crippen LogP contribution in [0.2, 0.25) is 0 Å². The predicted molar refractivity (Wildman–Crippen MR) is 65.1 cm³/mol. The average molecular weight is 267 g/mol. The molecule has 0 aromatic rings. The van der Waals surface area contributed by atoms with Crippen molar-refractivity contribution in [2.45, 2.75) is 44.9 Å². The zero-order valence-electron chi connectivity index (χ0n) is 9.43. The summed E-state index contributed by atoms with van der Waals surface area (Å²) in [6, 6.07) is 0. The Morgan fingerprint density at radius 3 is 1.86 bits per heavy atom. The lowest BCUT2D eigenvalue weighted by Crippen LogP contribution is -1.81. The van der Waals surface area contributed by atoms with Crippen LogP contribution in [-0.4, -0.2) is 25.8 Å². The highest BCUT2D eigenvalue weighted by Gasteiger charge is 1.89. The molecule has 0 heterocycles. The van der Waals surface area contributed by atoms with Gasteiger partial charge in [0.15, 0.2) is 0 Å². The van der Waals surface area contributed by atoms with Gasteiger partial charge in [-0.2, -0.15) is 0 Å². The summed E-state index contributed by atoms with van der Waals surface area (Å²) in [5.74, 6) is 0. The van der Waals surface area contributed by atoms with Gasteiger partial charge in [-0.1, -0.05) is 41.6 Å². The van der Waals surface area contributed by atoms with Crippen LogP contribution >= 0.6 is 15.9 Å². The normalized spacial score (nSPS) is 9.07. The lowest BCUT2D eigenvalue weighted by atomic mass is 10.1. The summed E-state index contributed by atoms with van der Waals surface area (Å²) < 4.78 is 4.25. The summed E-state index contributed by atoms with van der Waals surface area (Å²) in [4.78, 5) is 9.93. The molecule has 86 valence electrons. The summed E-state index contributed by atoms with van der Waals surface area (Å²) in [5, 5.41) is 1.13. The van der Waals surface area contributed by atoms with E-state index in [9.17, 15) is 4.79 Å². The van der Waals surface area contributed by atoms with Crippen molar-refractivity contribution < 1.29 is 9.53 Å². The van der Waals surface area contributed by atoms with Gasteiger partial charge in [0.2, 0.25) is 0 Å². The van der Waals surface area contributed by atoms with E-state index in [0.29, 0.717) is 0 Å². The third kappa shape index (κ3) is 22.7. The molecule has 0 saturated carbocycles. The number of hydrogen-bond acceptors (Lipinski definition) is 2. The number of alkyl halides is 1.